The SMILES string of the molecule is CC(=O)OCN1C(=O)C2(C(=O)N(C)C2=O)C1=O.CC=CC(=O)OPC.[CH3-].[V].c1ccccc1. The third-order valence-corrected chi connectivity index (χ3v) is 4.36. The summed E-state index contributed by atoms with van der Waals surface area (Å²) in [5.41, 5.74) is -2.19. The number of likely N-dealkylation sites (tertiary alicyclic amines) is 2. The summed E-state index contributed by atoms with van der Waals surface area (Å²) in [5, 5.41) is 0. The van der Waals surface area contributed by atoms with Crippen LogP contribution in [-0.4, -0.2) is 65.8 Å². The minimum absolute atomic E-state index is 0. The number of carbonyl (C=O) groups excluding carboxylic acids is 6. The van der Waals surface area contributed by atoms with Gasteiger partial charge < -0.3 is 16.7 Å². The van der Waals surface area contributed by atoms with Gasteiger partial charge in [0.2, 0.25) is 0 Å². The Morgan fingerprint density at radius 3 is 1.73 bits per heavy atom. The molecule has 0 aliphatic carbocycles. The Morgan fingerprint density at radius 1 is 0.970 bits per heavy atom. The van der Waals surface area contributed by atoms with Crippen molar-refractivity contribution in [3.8, 4) is 0 Å². The number of rotatable bonds is 4. The van der Waals surface area contributed by atoms with Crippen LogP contribution in [0.15, 0.2) is 48.6 Å². The zero-order valence-corrected chi connectivity index (χ0v) is 21.3. The minimum atomic E-state index is -2.19. The van der Waals surface area contributed by atoms with E-state index in [0.717, 1.165) is 6.92 Å². The van der Waals surface area contributed by atoms with Crippen molar-refractivity contribution in [2.75, 3.05) is 20.4 Å². The summed E-state index contributed by atoms with van der Waals surface area (Å²) >= 11 is 0. The second-order valence-corrected chi connectivity index (χ2v) is 6.61. The molecule has 2 heterocycles. The maximum Gasteiger partial charge on any atom is 0.332 e. The van der Waals surface area contributed by atoms with Crippen LogP contribution in [-0.2, 0) is 56.6 Å². The quantitative estimate of drug-likeness (QED) is 0.147. The van der Waals surface area contributed by atoms with Gasteiger partial charge in [-0.05, 0) is 13.6 Å². The molecule has 2 saturated heterocycles. The van der Waals surface area contributed by atoms with Gasteiger partial charge in [0.1, 0.15) is 0 Å². The largest absolute Gasteiger partial charge is 0.445 e. The third kappa shape index (κ3) is 7.35. The Labute approximate surface area is 206 Å². The number of hydrogen-bond acceptors (Lipinski definition) is 8. The Bertz CT molecular complexity index is 831. The summed E-state index contributed by atoms with van der Waals surface area (Å²) in [5.74, 6) is -4.47. The number of hydrogen-bond donors (Lipinski definition) is 0. The number of benzene rings is 1. The minimum Gasteiger partial charge on any atom is -0.445 e. The van der Waals surface area contributed by atoms with E-state index in [1.54, 1.807) is 19.7 Å². The number of carbonyl (C=O) groups is 6. The fourth-order valence-electron chi connectivity index (χ4n) is 2.46. The molecule has 10 nitrogen and oxygen atoms in total. The van der Waals surface area contributed by atoms with Gasteiger partial charge in [-0.1, -0.05) is 42.5 Å². The van der Waals surface area contributed by atoms with Gasteiger partial charge in [0, 0.05) is 38.6 Å². The van der Waals surface area contributed by atoms with Crippen molar-refractivity contribution in [1.82, 2.24) is 9.80 Å². The molecule has 3 rings (SSSR count). The molecular formula is C21H26N2O8PV-. The maximum absolute atomic E-state index is 11.6. The molecule has 1 spiro atoms. The maximum atomic E-state index is 11.6. The molecule has 4 amide bonds. The van der Waals surface area contributed by atoms with E-state index in [1.807, 2.05) is 36.4 Å². The van der Waals surface area contributed by atoms with Crippen LogP contribution in [0.1, 0.15) is 13.8 Å². The predicted octanol–water partition coefficient (Wildman–Crippen LogP) is 1.32. The molecule has 33 heavy (non-hydrogen) atoms. The summed E-state index contributed by atoms with van der Waals surface area (Å²) in [6.45, 7) is 4.12. The molecule has 0 saturated carbocycles. The van der Waals surface area contributed by atoms with E-state index in [-0.39, 0.29) is 40.8 Å². The van der Waals surface area contributed by atoms with Crippen molar-refractivity contribution in [2.45, 2.75) is 13.8 Å². The van der Waals surface area contributed by atoms with Gasteiger partial charge in [-0.3, -0.25) is 28.9 Å². The van der Waals surface area contributed by atoms with Gasteiger partial charge in [0.05, 0.1) is 8.81 Å². The van der Waals surface area contributed by atoms with E-state index < -0.39 is 41.7 Å². The fraction of sp³-hybridized carbons (Fsp3) is 0.286. The number of nitrogens with zero attached hydrogens (tertiary/aromatic N) is 2. The number of allylic oxidation sites excluding steroid dienone is 1. The van der Waals surface area contributed by atoms with Crippen molar-refractivity contribution in [1.29, 1.82) is 0 Å². The number of ether oxygens (including phenoxy) is 1. The first-order valence-electron chi connectivity index (χ1n) is 8.98. The molecule has 1 radical (unpaired) electrons. The van der Waals surface area contributed by atoms with Gasteiger partial charge in [-0.2, -0.15) is 0 Å². The molecule has 2 fully saturated rings. The van der Waals surface area contributed by atoms with Crippen LogP contribution in [0.4, 0.5) is 0 Å². The molecule has 1 atom stereocenters. The monoisotopic (exact) mass is 516 g/mol. The Kier molecular flexibility index (Phi) is 14.8. The second kappa shape index (κ2) is 15.1. The zero-order valence-electron chi connectivity index (χ0n) is 18.9. The molecule has 0 N–H and O–H groups in total. The Morgan fingerprint density at radius 2 is 1.39 bits per heavy atom. The summed E-state index contributed by atoms with van der Waals surface area (Å²) in [6.07, 6.45) is 3.05. The van der Waals surface area contributed by atoms with Crippen LogP contribution in [0.3, 0.4) is 0 Å². The third-order valence-electron chi connectivity index (χ3n) is 3.95. The van der Waals surface area contributed by atoms with Crippen LogP contribution < -0.4 is 0 Å². The predicted molar refractivity (Wildman–Crippen MR) is 117 cm³/mol. The summed E-state index contributed by atoms with van der Waals surface area (Å²) in [7, 11) is 1.43. The van der Waals surface area contributed by atoms with Gasteiger partial charge in [-0.15, -0.1) is 0 Å². The van der Waals surface area contributed by atoms with E-state index in [4.69, 9.17) is 0 Å². The summed E-state index contributed by atoms with van der Waals surface area (Å²) in [4.78, 5) is 68.1. The molecule has 2 aliphatic heterocycles. The first kappa shape index (κ1) is 32.4. The van der Waals surface area contributed by atoms with Crippen LogP contribution in [0, 0.1) is 12.8 Å². The normalized spacial score (nSPS) is 15.3. The fourth-order valence-corrected chi connectivity index (χ4v) is 2.73. The van der Waals surface area contributed by atoms with Crippen LogP contribution in [0.25, 0.3) is 0 Å². The number of imide groups is 2. The number of amides is 4. The van der Waals surface area contributed by atoms with Gasteiger partial charge in [0.15, 0.2) is 6.73 Å². The van der Waals surface area contributed by atoms with Crippen LogP contribution in [0.5, 0.6) is 0 Å². The Balaban J connectivity index is 0. The molecule has 12 heteroatoms. The van der Waals surface area contributed by atoms with Crippen LogP contribution >= 0.6 is 8.81 Å². The van der Waals surface area contributed by atoms with E-state index in [9.17, 15) is 28.8 Å². The van der Waals surface area contributed by atoms with Crippen molar-refractivity contribution < 1.29 is 56.6 Å². The molecule has 1 unspecified atom stereocenters. The second-order valence-electron chi connectivity index (χ2n) is 6.00. The van der Waals surface area contributed by atoms with Gasteiger partial charge >= 0.3 is 11.9 Å². The molecule has 0 bridgehead atoms. The van der Waals surface area contributed by atoms with E-state index in [0.29, 0.717) is 9.80 Å². The molecule has 1 aromatic carbocycles. The molecule has 0 aromatic heterocycles. The van der Waals surface area contributed by atoms with Gasteiger partial charge in [0.25, 0.3) is 29.0 Å². The average molecular weight is 516 g/mol. The smallest absolute Gasteiger partial charge is 0.332 e. The standard InChI is InChI=1S/C9H8N2O6.C6H6.C5H9O2P.CH3.V/c1-4(12)17-3-11-7(15)9(8(11)16)5(13)10(2)6(9)14;1-2-4-6-5-3-1;1-3-4-5(6)7-8-2;;/h3H2,1-2H3;1-6H;3-4,8H,1-2H3;1H3;/q;;;-1;. The zero-order chi connectivity index (χ0) is 23.6. The Hall–Kier alpha value is -2.81. The van der Waals surface area contributed by atoms with E-state index in [1.165, 1.54) is 13.1 Å². The molecule has 1 aromatic rings. The molecule has 179 valence electrons. The van der Waals surface area contributed by atoms with Gasteiger partial charge in [-0.25, -0.2) is 9.69 Å². The summed E-state index contributed by atoms with van der Waals surface area (Å²) < 4.78 is 9.04. The van der Waals surface area contributed by atoms with E-state index >= 15 is 0 Å². The summed E-state index contributed by atoms with van der Waals surface area (Å²) in [6, 6.07) is 12.0. The van der Waals surface area contributed by atoms with Crippen molar-refractivity contribution in [2.24, 2.45) is 5.41 Å². The van der Waals surface area contributed by atoms with Crippen molar-refractivity contribution >= 4 is 44.4 Å². The van der Waals surface area contributed by atoms with E-state index in [2.05, 4.69) is 9.26 Å². The first-order chi connectivity index (χ1) is 14.7. The topological polar surface area (TPSA) is 127 Å². The number of β-lactam (4-membered cyclic amide) rings is 4. The van der Waals surface area contributed by atoms with Crippen molar-refractivity contribution in [3.63, 3.8) is 0 Å². The number of esters is 1. The van der Waals surface area contributed by atoms with Crippen molar-refractivity contribution in [3.05, 3.63) is 56.0 Å². The molecular weight excluding hydrogens is 490 g/mol. The first-order valence-corrected chi connectivity index (χ1v) is 10.4. The average Bonchev–Trinajstić information content (AvgIpc) is 2.76. The van der Waals surface area contributed by atoms with Crippen LogP contribution in [0.2, 0.25) is 0 Å². The molecule has 2 aliphatic rings.